The number of halogens is 1. The molecule has 7 heteroatoms. The molecule has 1 saturated heterocycles. The summed E-state index contributed by atoms with van der Waals surface area (Å²) < 4.78 is 0.730. The quantitative estimate of drug-likeness (QED) is 0.799. The number of nitrogens with zero attached hydrogens (tertiary/aromatic N) is 2. The number of benzene rings is 1. The smallest absolute Gasteiger partial charge is 0.317 e. The van der Waals surface area contributed by atoms with Crippen molar-refractivity contribution in [3.05, 3.63) is 51.2 Å². The van der Waals surface area contributed by atoms with Gasteiger partial charge in [0.2, 0.25) is 5.91 Å². The van der Waals surface area contributed by atoms with Gasteiger partial charge in [0, 0.05) is 36.6 Å². The average Bonchev–Trinajstić information content (AvgIpc) is 3.26. The lowest BCUT2D eigenvalue weighted by atomic mass is 10.2. The highest BCUT2D eigenvalue weighted by atomic mass is 35.5. The molecule has 0 aliphatic carbocycles. The zero-order valence-electron chi connectivity index (χ0n) is 14.7. The Bertz CT molecular complexity index is 775. The fourth-order valence-corrected chi connectivity index (χ4v) is 4.06. The van der Waals surface area contributed by atoms with Crippen LogP contribution in [0.2, 0.25) is 4.34 Å². The summed E-state index contributed by atoms with van der Waals surface area (Å²) in [5, 5.41) is 2.95. The van der Waals surface area contributed by atoms with Crippen LogP contribution in [0, 0.1) is 0 Å². The minimum Gasteiger partial charge on any atom is -0.334 e. The molecule has 5 nitrogen and oxygen atoms in total. The van der Waals surface area contributed by atoms with Gasteiger partial charge < -0.3 is 15.1 Å². The SMILES string of the molecule is CCN(Cc1ccc(Cl)s1)C(=O)NCc1ccc(N2CCCC2=O)cc1. The molecule has 26 heavy (non-hydrogen) atoms. The number of carbonyl (C=O) groups excluding carboxylic acids is 2. The maximum atomic E-state index is 12.4. The van der Waals surface area contributed by atoms with Crippen LogP contribution in [0.4, 0.5) is 10.5 Å². The number of nitrogens with one attached hydrogen (secondary N) is 1. The van der Waals surface area contributed by atoms with Gasteiger partial charge in [-0.3, -0.25) is 4.79 Å². The van der Waals surface area contributed by atoms with Crippen LogP contribution >= 0.6 is 22.9 Å². The molecule has 1 N–H and O–H groups in total. The van der Waals surface area contributed by atoms with Crippen LogP contribution in [-0.4, -0.2) is 29.9 Å². The van der Waals surface area contributed by atoms with E-state index in [-0.39, 0.29) is 11.9 Å². The van der Waals surface area contributed by atoms with Gasteiger partial charge in [-0.1, -0.05) is 23.7 Å². The second kappa shape index (κ2) is 8.56. The molecular formula is C19H22ClN3O2S. The molecule has 3 rings (SSSR count). The van der Waals surface area contributed by atoms with Crippen molar-refractivity contribution >= 4 is 40.6 Å². The molecular weight excluding hydrogens is 370 g/mol. The predicted octanol–water partition coefficient (Wildman–Crippen LogP) is 4.26. The van der Waals surface area contributed by atoms with E-state index in [0.29, 0.717) is 26.1 Å². The van der Waals surface area contributed by atoms with Crippen molar-refractivity contribution in [2.24, 2.45) is 0 Å². The van der Waals surface area contributed by atoms with Gasteiger partial charge in [-0.15, -0.1) is 11.3 Å². The number of hydrogen-bond donors (Lipinski definition) is 1. The van der Waals surface area contributed by atoms with Gasteiger partial charge in [0.25, 0.3) is 0 Å². The van der Waals surface area contributed by atoms with Gasteiger partial charge in [-0.05, 0) is 43.2 Å². The van der Waals surface area contributed by atoms with Crippen LogP contribution in [0.25, 0.3) is 0 Å². The van der Waals surface area contributed by atoms with Crippen molar-refractivity contribution in [3.63, 3.8) is 0 Å². The maximum absolute atomic E-state index is 12.4. The van der Waals surface area contributed by atoms with Crippen molar-refractivity contribution in [1.29, 1.82) is 0 Å². The summed E-state index contributed by atoms with van der Waals surface area (Å²) in [6, 6.07) is 11.5. The van der Waals surface area contributed by atoms with Gasteiger partial charge in [0.05, 0.1) is 10.9 Å². The Morgan fingerprint density at radius 3 is 2.62 bits per heavy atom. The van der Waals surface area contributed by atoms with Gasteiger partial charge in [0.1, 0.15) is 0 Å². The molecule has 2 aromatic rings. The number of anilines is 1. The Hall–Kier alpha value is -2.05. The van der Waals surface area contributed by atoms with Gasteiger partial charge in [-0.2, -0.15) is 0 Å². The molecule has 0 spiro atoms. The molecule has 0 unspecified atom stereocenters. The van der Waals surface area contributed by atoms with E-state index in [4.69, 9.17) is 11.6 Å². The summed E-state index contributed by atoms with van der Waals surface area (Å²) in [4.78, 5) is 28.8. The number of carbonyl (C=O) groups is 2. The van der Waals surface area contributed by atoms with Crippen molar-refractivity contribution in [2.75, 3.05) is 18.0 Å². The zero-order valence-corrected chi connectivity index (χ0v) is 16.3. The highest BCUT2D eigenvalue weighted by Crippen LogP contribution is 2.23. The number of hydrogen-bond acceptors (Lipinski definition) is 3. The molecule has 0 radical (unpaired) electrons. The van der Waals surface area contributed by atoms with Crippen LogP contribution in [0.5, 0.6) is 0 Å². The molecule has 138 valence electrons. The summed E-state index contributed by atoms with van der Waals surface area (Å²) in [6.07, 6.45) is 1.54. The Labute approximate surface area is 162 Å². The lowest BCUT2D eigenvalue weighted by Gasteiger charge is -2.21. The van der Waals surface area contributed by atoms with Crippen LogP contribution in [-0.2, 0) is 17.9 Å². The zero-order chi connectivity index (χ0) is 18.5. The molecule has 0 atom stereocenters. The fraction of sp³-hybridized carbons (Fsp3) is 0.368. The average molecular weight is 392 g/mol. The maximum Gasteiger partial charge on any atom is 0.317 e. The van der Waals surface area contributed by atoms with E-state index in [2.05, 4.69) is 5.32 Å². The minimum atomic E-state index is -0.101. The van der Waals surface area contributed by atoms with E-state index in [1.807, 2.05) is 48.2 Å². The first-order chi connectivity index (χ1) is 12.6. The van der Waals surface area contributed by atoms with E-state index in [0.717, 1.165) is 33.4 Å². The van der Waals surface area contributed by atoms with E-state index in [1.54, 1.807) is 4.90 Å². The number of thiophene rings is 1. The van der Waals surface area contributed by atoms with Crippen molar-refractivity contribution < 1.29 is 9.59 Å². The lowest BCUT2D eigenvalue weighted by molar-refractivity contribution is -0.117. The summed E-state index contributed by atoms with van der Waals surface area (Å²) in [7, 11) is 0. The first-order valence-corrected chi connectivity index (χ1v) is 9.92. The normalized spacial score (nSPS) is 13.9. The highest BCUT2D eigenvalue weighted by molar-refractivity contribution is 7.16. The summed E-state index contributed by atoms with van der Waals surface area (Å²) in [6.45, 7) is 4.37. The van der Waals surface area contributed by atoms with E-state index >= 15 is 0 Å². The van der Waals surface area contributed by atoms with Crippen LogP contribution in [0.15, 0.2) is 36.4 Å². The van der Waals surface area contributed by atoms with E-state index in [9.17, 15) is 9.59 Å². The molecule has 1 aromatic heterocycles. The molecule has 1 aliphatic rings. The first-order valence-electron chi connectivity index (χ1n) is 8.73. The number of amides is 3. The third kappa shape index (κ3) is 4.56. The van der Waals surface area contributed by atoms with Crippen LogP contribution < -0.4 is 10.2 Å². The lowest BCUT2D eigenvalue weighted by Crippen LogP contribution is -2.38. The summed E-state index contributed by atoms with van der Waals surface area (Å²) >= 11 is 7.44. The third-order valence-electron chi connectivity index (χ3n) is 4.41. The first kappa shape index (κ1) is 18.7. The Balaban J connectivity index is 1.53. The molecule has 2 heterocycles. The predicted molar refractivity (Wildman–Crippen MR) is 106 cm³/mol. The van der Waals surface area contributed by atoms with E-state index < -0.39 is 0 Å². The summed E-state index contributed by atoms with van der Waals surface area (Å²) in [5.74, 6) is 0.179. The van der Waals surface area contributed by atoms with Crippen molar-refractivity contribution in [3.8, 4) is 0 Å². The van der Waals surface area contributed by atoms with Crippen molar-refractivity contribution in [1.82, 2.24) is 10.2 Å². The standard InChI is InChI=1S/C19H22ClN3O2S/c1-2-22(13-16-9-10-17(20)26-16)19(25)21-12-14-5-7-15(8-6-14)23-11-3-4-18(23)24/h5-10H,2-4,11-13H2,1H3,(H,21,25). The monoisotopic (exact) mass is 391 g/mol. The molecule has 0 bridgehead atoms. The molecule has 1 fully saturated rings. The minimum absolute atomic E-state index is 0.101. The number of urea groups is 1. The second-order valence-corrected chi connectivity index (χ2v) is 7.99. The Kier molecular flexibility index (Phi) is 6.16. The molecule has 0 saturated carbocycles. The van der Waals surface area contributed by atoms with Gasteiger partial charge >= 0.3 is 6.03 Å². The van der Waals surface area contributed by atoms with Crippen LogP contribution in [0.3, 0.4) is 0 Å². The topological polar surface area (TPSA) is 52.7 Å². The van der Waals surface area contributed by atoms with Gasteiger partial charge in [0.15, 0.2) is 0 Å². The third-order valence-corrected chi connectivity index (χ3v) is 5.63. The second-order valence-electron chi connectivity index (χ2n) is 6.19. The van der Waals surface area contributed by atoms with Crippen molar-refractivity contribution in [2.45, 2.75) is 32.9 Å². The summed E-state index contributed by atoms with van der Waals surface area (Å²) in [5.41, 5.74) is 1.93. The van der Waals surface area contributed by atoms with E-state index in [1.165, 1.54) is 11.3 Å². The highest BCUT2D eigenvalue weighted by Gasteiger charge is 2.21. The van der Waals surface area contributed by atoms with Crippen LogP contribution in [0.1, 0.15) is 30.2 Å². The Morgan fingerprint density at radius 2 is 2.04 bits per heavy atom. The van der Waals surface area contributed by atoms with Gasteiger partial charge in [-0.25, -0.2) is 4.79 Å². The Morgan fingerprint density at radius 1 is 1.27 bits per heavy atom. The molecule has 3 amide bonds. The largest absolute Gasteiger partial charge is 0.334 e. The fourth-order valence-electron chi connectivity index (χ4n) is 2.96. The number of rotatable bonds is 6. The molecule has 1 aliphatic heterocycles. The molecule has 1 aromatic carbocycles.